The zero-order valence-electron chi connectivity index (χ0n) is 29.0. The Morgan fingerprint density at radius 2 is 1.24 bits per heavy atom. The van der Waals surface area contributed by atoms with Crippen LogP contribution in [0.25, 0.3) is 43.3 Å². The van der Waals surface area contributed by atoms with Crippen molar-refractivity contribution in [3.63, 3.8) is 0 Å². The molecule has 6 nitrogen and oxygen atoms in total. The lowest BCUT2D eigenvalue weighted by atomic mass is 9.86. The molecule has 1 atom stereocenters. The van der Waals surface area contributed by atoms with Crippen molar-refractivity contribution < 1.29 is 13.9 Å². The molecule has 11 rings (SSSR count). The van der Waals surface area contributed by atoms with Gasteiger partial charge in [-0.1, -0.05) is 72.8 Å². The van der Waals surface area contributed by atoms with Gasteiger partial charge < -0.3 is 18.8 Å². The van der Waals surface area contributed by atoms with Gasteiger partial charge >= 0.3 is 0 Å². The zero-order valence-corrected chi connectivity index (χ0v) is 29.8. The minimum Gasteiger partial charge on any atom is -0.457 e. The molecule has 54 heavy (non-hydrogen) atoms. The standard InChI is InChI=1S/C47H31N3O3S/c1-5-13-40-32(9-1)26-33(35-10-2-6-14-41(35)51-40)25-29-17-19-30(20-18-29)46-48-36-28-45-37(27-44(36)53-46)49-47(54-45)31-21-23-34(24-22-31)50-38-11-3-7-15-42(38)52-43-16-8-4-12-39(43)50/h1-24,27-28,33H,25-26H2. The minimum atomic E-state index is 0.308. The lowest BCUT2D eigenvalue weighted by Crippen LogP contribution is -2.15. The van der Waals surface area contributed by atoms with Crippen molar-refractivity contribution in [1.29, 1.82) is 0 Å². The van der Waals surface area contributed by atoms with E-state index in [1.54, 1.807) is 11.3 Å². The van der Waals surface area contributed by atoms with E-state index in [4.69, 9.17) is 23.9 Å². The predicted octanol–water partition coefficient (Wildman–Crippen LogP) is 13.0. The average molecular weight is 718 g/mol. The van der Waals surface area contributed by atoms with Gasteiger partial charge in [-0.05, 0) is 114 Å². The summed E-state index contributed by atoms with van der Waals surface area (Å²) in [5.41, 5.74) is 11.3. The van der Waals surface area contributed by atoms with Crippen molar-refractivity contribution >= 4 is 49.7 Å². The van der Waals surface area contributed by atoms with Gasteiger partial charge in [-0.25, -0.2) is 9.97 Å². The maximum atomic E-state index is 6.34. The van der Waals surface area contributed by atoms with E-state index in [-0.39, 0.29) is 0 Å². The summed E-state index contributed by atoms with van der Waals surface area (Å²) in [5.74, 6) is 4.48. The van der Waals surface area contributed by atoms with E-state index in [1.807, 2.05) is 54.6 Å². The molecule has 0 amide bonds. The van der Waals surface area contributed by atoms with Crippen molar-refractivity contribution in [3.8, 4) is 45.0 Å². The molecule has 0 fully saturated rings. The SMILES string of the molecule is c1ccc2c(c1)CC(Cc1ccc(-c3nc4cc5sc(-c6ccc(N7c8ccccc8Oc8ccccc87)cc6)nc5cc4o3)cc1)c1ccccc1O2. The third kappa shape index (κ3) is 5.32. The fraction of sp³-hybridized carbons (Fsp3) is 0.0638. The van der Waals surface area contributed by atoms with Crippen LogP contribution in [-0.2, 0) is 12.8 Å². The molecule has 2 aliphatic heterocycles. The lowest BCUT2D eigenvalue weighted by Gasteiger charge is -2.32. The van der Waals surface area contributed by atoms with Gasteiger partial charge in [0.1, 0.15) is 22.0 Å². The molecule has 258 valence electrons. The smallest absolute Gasteiger partial charge is 0.227 e. The van der Waals surface area contributed by atoms with Gasteiger partial charge in [0.05, 0.1) is 21.6 Å². The van der Waals surface area contributed by atoms with Gasteiger partial charge in [-0.3, -0.25) is 0 Å². The fourth-order valence-corrected chi connectivity index (χ4v) is 8.74. The number of ether oxygens (including phenoxy) is 2. The van der Waals surface area contributed by atoms with Gasteiger partial charge in [0, 0.05) is 22.9 Å². The van der Waals surface area contributed by atoms with Crippen LogP contribution in [0.1, 0.15) is 22.6 Å². The molecule has 7 aromatic carbocycles. The second kappa shape index (κ2) is 12.5. The van der Waals surface area contributed by atoms with Crippen LogP contribution in [0.2, 0.25) is 0 Å². The molecule has 0 saturated heterocycles. The van der Waals surface area contributed by atoms with Gasteiger partial charge in [-0.2, -0.15) is 0 Å². The van der Waals surface area contributed by atoms with E-state index < -0.39 is 0 Å². The maximum absolute atomic E-state index is 6.34. The van der Waals surface area contributed by atoms with Crippen LogP contribution < -0.4 is 14.4 Å². The Bertz CT molecular complexity index is 2760. The highest BCUT2D eigenvalue weighted by atomic mass is 32.1. The van der Waals surface area contributed by atoms with Crippen molar-refractivity contribution in [1.82, 2.24) is 9.97 Å². The first-order chi connectivity index (χ1) is 26.7. The second-order valence-corrected chi connectivity index (χ2v) is 14.8. The first-order valence-electron chi connectivity index (χ1n) is 18.1. The highest BCUT2D eigenvalue weighted by Gasteiger charge is 2.26. The molecule has 0 N–H and O–H groups in total. The molecule has 2 aromatic heterocycles. The Hall–Kier alpha value is -6.70. The summed E-state index contributed by atoms with van der Waals surface area (Å²) in [6, 6.07) is 54.3. The Balaban J connectivity index is 0.842. The molecule has 2 aliphatic rings. The van der Waals surface area contributed by atoms with E-state index in [0.717, 1.165) is 90.4 Å². The number of nitrogens with zero attached hydrogens (tertiary/aromatic N) is 3. The number of rotatable bonds is 5. The first-order valence-corrected chi connectivity index (χ1v) is 18.9. The predicted molar refractivity (Wildman–Crippen MR) is 216 cm³/mol. The van der Waals surface area contributed by atoms with Crippen LogP contribution in [-0.4, -0.2) is 9.97 Å². The highest BCUT2D eigenvalue weighted by Crippen LogP contribution is 2.50. The van der Waals surface area contributed by atoms with Crippen molar-refractivity contribution in [2.45, 2.75) is 18.8 Å². The number of aromatic nitrogens is 2. The topological polar surface area (TPSA) is 60.6 Å². The fourth-order valence-electron chi connectivity index (χ4n) is 7.76. The summed E-state index contributed by atoms with van der Waals surface area (Å²) in [6.07, 6.45) is 1.83. The molecular formula is C47H31N3O3S. The van der Waals surface area contributed by atoms with Gasteiger partial charge in [0.25, 0.3) is 0 Å². The number of fused-ring (bicyclic) bond motifs is 6. The summed E-state index contributed by atoms with van der Waals surface area (Å²) in [5, 5.41) is 0.953. The molecule has 0 aliphatic carbocycles. The summed E-state index contributed by atoms with van der Waals surface area (Å²) >= 11 is 1.66. The number of anilines is 3. The van der Waals surface area contributed by atoms with E-state index in [9.17, 15) is 0 Å². The molecule has 0 saturated carbocycles. The molecule has 0 bridgehead atoms. The summed E-state index contributed by atoms with van der Waals surface area (Å²) in [4.78, 5) is 12.2. The number of oxazole rings is 1. The summed E-state index contributed by atoms with van der Waals surface area (Å²) < 4.78 is 19.9. The maximum Gasteiger partial charge on any atom is 0.227 e. The highest BCUT2D eigenvalue weighted by molar-refractivity contribution is 7.21. The number of hydrogen-bond acceptors (Lipinski definition) is 7. The molecule has 0 radical (unpaired) electrons. The van der Waals surface area contributed by atoms with Gasteiger partial charge in [0.15, 0.2) is 17.1 Å². The monoisotopic (exact) mass is 717 g/mol. The van der Waals surface area contributed by atoms with Crippen molar-refractivity contribution in [3.05, 3.63) is 174 Å². The number of para-hydroxylation sites is 6. The number of thiazole rings is 1. The Morgan fingerprint density at radius 1 is 0.593 bits per heavy atom. The first kappa shape index (κ1) is 30.9. The van der Waals surface area contributed by atoms with Gasteiger partial charge in [0.2, 0.25) is 5.89 Å². The molecular weight excluding hydrogens is 687 g/mol. The average Bonchev–Trinajstić information content (AvgIpc) is 3.79. The molecule has 1 unspecified atom stereocenters. The van der Waals surface area contributed by atoms with Gasteiger partial charge in [-0.15, -0.1) is 11.3 Å². The van der Waals surface area contributed by atoms with Crippen molar-refractivity contribution in [2.75, 3.05) is 4.90 Å². The van der Waals surface area contributed by atoms with Crippen LogP contribution in [0, 0.1) is 0 Å². The number of hydrogen-bond donors (Lipinski definition) is 0. The third-order valence-corrected chi connectivity index (χ3v) is 11.5. The minimum absolute atomic E-state index is 0.308. The molecule has 9 aromatic rings. The van der Waals surface area contributed by atoms with E-state index in [1.165, 1.54) is 16.7 Å². The zero-order chi connectivity index (χ0) is 35.6. The normalized spacial score (nSPS) is 14.4. The van der Waals surface area contributed by atoms with Crippen LogP contribution in [0.3, 0.4) is 0 Å². The summed E-state index contributed by atoms with van der Waals surface area (Å²) in [6.45, 7) is 0. The molecule has 4 heterocycles. The Kier molecular flexibility index (Phi) is 7.13. The van der Waals surface area contributed by atoms with Crippen LogP contribution in [0.4, 0.5) is 17.1 Å². The largest absolute Gasteiger partial charge is 0.457 e. The molecule has 0 spiro atoms. The quantitative estimate of drug-likeness (QED) is 0.177. The Morgan fingerprint density at radius 3 is 2.02 bits per heavy atom. The van der Waals surface area contributed by atoms with E-state index in [2.05, 4.69) is 108 Å². The van der Waals surface area contributed by atoms with Crippen molar-refractivity contribution in [2.24, 2.45) is 0 Å². The van der Waals surface area contributed by atoms with E-state index in [0.29, 0.717) is 11.8 Å². The number of benzene rings is 7. The van der Waals surface area contributed by atoms with E-state index >= 15 is 0 Å². The van der Waals surface area contributed by atoms with Crippen LogP contribution in [0.5, 0.6) is 23.0 Å². The third-order valence-electron chi connectivity index (χ3n) is 10.4. The van der Waals surface area contributed by atoms with Crippen LogP contribution >= 0.6 is 11.3 Å². The summed E-state index contributed by atoms with van der Waals surface area (Å²) in [7, 11) is 0. The van der Waals surface area contributed by atoms with Crippen LogP contribution in [0.15, 0.2) is 162 Å². The second-order valence-electron chi connectivity index (χ2n) is 13.8. The molecule has 7 heteroatoms. The Labute approximate surface area is 315 Å². The lowest BCUT2D eigenvalue weighted by molar-refractivity contribution is 0.477.